The first-order valence-corrected chi connectivity index (χ1v) is 11.0. The molecule has 30 heavy (non-hydrogen) atoms. The van der Waals surface area contributed by atoms with Crippen LogP contribution in [0.4, 0.5) is 0 Å². The maximum absolute atomic E-state index is 12.4. The molecule has 0 unspecified atom stereocenters. The third kappa shape index (κ3) is 7.69. The summed E-state index contributed by atoms with van der Waals surface area (Å²) in [6.45, 7) is 4.71. The Morgan fingerprint density at radius 3 is 2.40 bits per heavy atom. The highest BCUT2D eigenvalue weighted by atomic mass is 16.5. The Morgan fingerprint density at radius 1 is 1.07 bits per heavy atom. The zero-order chi connectivity index (χ0) is 21.8. The Hall–Kier alpha value is -2.57. The van der Waals surface area contributed by atoms with Crippen molar-refractivity contribution in [3.05, 3.63) is 29.8 Å². The number of rotatable bonds is 11. The highest BCUT2D eigenvalue weighted by molar-refractivity contribution is 5.96. The summed E-state index contributed by atoms with van der Waals surface area (Å²) in [6, 6.07) is 6.99. The standard InChI is InChI=1S/C23H34N2O5/c1-3-5-15-29-20-13-11-18(12-14-20)23(28)24-16-22(27)30-17-21(26)25(4-2)19-9-7-6-8-10-19/h11-14,19H,3-10,15-17H2,1-2H3,(H,24,28). The first-order valence-electron chi connectivity index (χ1n) is 11.0. The van der Waals surface area contributed by atoms with Gasteiger partial charge in [0.25, 0.3) is 11.8 Å². The number of benzene rings is 1. The van der Waals surface area contributed by atoms with Gasteiger partial charge in [0.15, 0.2) is 6.61 Å². The fourth-order valence-electron chi connectivity index (χ4n) is 3.60. The van der Waals surface area contributed by atoms with Crippen LogP contribution < -0.4 is 10.1 Å². The molecule has 0 saturated heterocycles. The van der Waals surface area contributed by atoms with Crippen molar-refractivity contribution < 1.29 is 23.9 Å². The average molecular weight is 419 g/mol. The van der Waals surface area contributed by atoms with Crippen molar-refractivity contribution in [1.82, 2.24) is 10.2 Å². The molecule has 0 aromatic heterocycles. The fourth-order valence-corrected chi connectivity index (χ4v) is 3.60. The molecule has 0 atom stereocenters. The van der Waals surface area contributed by atoms with Gasteiger partial charge in [0.1, 0.15) is 12.3 Å². The summed E-state index contributed by atoms with van der Waals surface area (Å²) < 4.78 is 10.6. The van der Waals surface area contributed by atoms with E-state index >= 15 is 0 Å². The van der Waals surface area contributed by atoms with Gasteiger partial charge >= 0.3 is 5.97 Å². The van der Waals surface area contributed by atoms with Crippen LogP contribution >= 0.6 is 0 Å². The Kier molecular flexibility index (Phi) is 10.2. The van der Waals surface area contributed by atoms with Crippen molar-refractivity contribution in [2.45, 2.75) is 64.8 Å². The number of likely N-dealkylation sites (N-methyl/N-ethyl adjacent to an activating group) is 1. The van der Waals surface area contributed by atoms with Crippen LogP contribution in [0.3, 0.4) is 0 Å². The average Bonchev–Trinajstić information content (AvgIpc) is 2.78. The minimum Gasteiger partial charge on any atom is -0.494 e. The van der Waals surface area contributed by atoms with Crippen molar-refractivity contribution in [1.29, 1.82) is 0 Å². The Morgan fingerprint density at radius 2 is 1.77 bits per heavy atom. The van der Waals surface area contributed by atoms with Crippen molar-refractivity contribution in [3.63, 3.8) is 0 Å². The number of nitrogens with one attached hydrogen (secondary N) is 1. The number of carbonyl (C=O) groups excluding carboxylic acids is 3. The summed E-state index contributed by atoms with van der Waals surface area (Å²) in [4.78, 5) is 38.3. The van der Waals surface area contributed by atoms with Crippen LogP contribution in [-0.2, 0) is 14.3 Å². The number of esters is 1. The van der Waals surface area contributed by atoms with E-state index in [9.17, 15) is 14.4 Å². The van der Waals surface area contributed by atoms with Crippen molar-refractivity contribution >= 4 is 17.8 Å². The molecule has 1 aromatic carbocycles. The number of hydrogen-bond donors (Lipinski definition) is 1. The molecule has 166 valence electrons. The molecule has 7 nitrogen and oxygen atoms in total. The summed E-state index contributed by atoms with van der Waals surface area (Å²) in [5.74, 6) is -0.481. The van der Waals surface area contributed by atoms with E-state index in [-0.39, 0.29) is 31.0 Å². The zero-order valence-electron chi connectivity index (χ0n) is 18.2. The number of hydrogen-bond acceptors (Lipinski definition) is 5. The van der Waals surface area contributed by atoms with E-state index in [2.05, 4.69) is 12.2 Å². The lowest BCUT2D eigenvalue weighted by Gasteiger charge is -2.33. The van der Waals surface area contributed by atoms with E-state index in [4.69, 9.17) is 9.47 Å². The van der Waals surface area contributed by atoms with Gasteiger partial charge in [-0.1, -0.05) is 32.6 Å². The monoisotopic (exact) mass is 418 g/mol. The minimum atomic E-state index is -0.629. The van der Waals surface area contributed by atoms with Crippen LogP contribution in [0, 0.1) is 0 Å². The molecule has 0 heterocycles. The molecule has 2 rings (SSSR count). The maximum atomic E-state index is 12.4. The van der Waals surface area contributed by atoms with Crippen LogP contribution in [0.2, 0.25) is 0 Å². The van der Waals surface area contributed by atoms with Gasteiger partial charge in [0.05, 0.1) is 6.61 Å². The number of nitrogens with zero attached hydrogens (tertiary/aromatic N) is 1. The van der Waals surface area contributed by atoms with E-state index in [1.807, 2.05) is 6.92 Å². The van der Waals surface area contributed by atoms with Crippen molar-refractivity contribution in [2.24, 2.45) is 0 Å². The summed E-state index contributed by atoms with van der Waals surface area (Å²) in [5, 5.41) is 2.52. The van der Waals surface area contributed by atoms with Gasteiger partial charge in [-0.3, -0.25) is 14.4 Å². The van der Waals surface area contributed by atoms with Gasteiger partial charge in [-0.05, 0) is 50.5 Å². The maximum Gasteiger partial charge on any atom is 0.325 e. The molecular formula is C23H34N2O5. The zero-order valence-corrected chi connectivity index (χ0v) is 18.2. The van der Waals surface area contributed by atoms with Gasteiger partial charge in [-0.15, -0.1) is 0 Å². The molecule has 1 aliphatic carbocycles. The second-order valence-electron chi connectivity index (χ2n) is 7.54. The van der Waals surface area contributed by atoms with Gasteiger partial charge in [-0.25, -0.2) is 0 Å². The predicted octanol–water partition coefficient (Wildman–Crippen LogP) is 3.32. The normalized spacial score (nSPS) is 14.1. The van der Waals surface area contributed by atoms with Crippen LogP contribution in [0.1, 0.15) is 69.2 Å². The number of ether oxygens (including phenoxy) is 2. The number of unbranched alkanes of at least 4 members (excludes halogenated alkanes) is 1. The summed E-state index contributed by atoms with van der Waals surface area (Å²) in [5.41, 5.74) is 0.427. The fraction of sp³-hybridized carbons (Fsp3) is 0.609. The smallest absolute Gasteiger partial charge is 0.325 e. The second kappa shape index (κ2) is 12.9. The summed E-state index contributed by atoms with van der Waals surface area (Å²) in [6.07, 6.45) is 7.52. The van der Waals surface area contributed by atoms with Crippen molar-refractivity contribution in [3.8, 4) is 5.75 Å². The molecule has 2 amide bonds. The molecule has 0 bridgehead atoms. The predicted molar refractivity (Wildman–Crippen MR) is 114 cm³/mol. The van der Waals surface area contributed by atoms with Gasteiger partial charge in [0.2, 0.25) is 0 Å². The lowest BCUT2D eigenvalue weighted by Crippen LogP contribution is -2.43. The van der Waals surface area contributed by atoms with E-state index in [0.717, 1.165) is 38.5 Å². The van der Waals surface area contributed by atoms with Crippen LogP contribution in [0.5, 0.6) is 5.75 Å². The topological polar surface area (TPSA) is 84.9 Å². The SMILES string of the molecule is CCCCOc1ccc(C(=O)NCC(=O)OCC(=O)N(CC)C2CCCCC2)cc1. The molecule has 0 aliphatic heterocycles. The van der Waals surface area contributed by atoms with E-state index in [1.54, 1.807) is 29.2 Å². The molecular weight excluding hydrogens is 384 g/mol. The Labute approximate surface area is 179 Å². The van der Waals surface area contributed by atoms with Crippen LogP contribution in [0.25, 0.3) is 0 Å². The Balaban J connectivity index is 1.71. The molecule has 1 aromatic rings. The highest BCUT2D eigenvalue weighted by Gasteiger charge is 2.24. The van der Waals surface area contributed by atoms with Crippen LogP contribution in [0.15, 0.2) is 24.3 Å². The largest absolute Gasteiger partial charge is 0.494 e. The van der Waals surface area contributed by atoms with E-state index < -0.39 is 5.97 Å². The highest BCUT2D eigenvalue weighted by Crippen LogP contribution is 2.22. The third-order valence-corrected chi connectivity index (χ3v) is 5.31. The molecule has 0 spiro atoms. The molecule has 1 saturated carbocycles. The molecule has 1 aliphatic rings. The molecule has 0 radical (unpaired) electrons. The molecule has 7 heteroatoms. The van der Waals surface area contributed by atoms with Crippen molar-refractivity contribution in [2.75, 3.05) is 26.3 Å². The lowest BCUT2D eigenvalue weighted by molar-refractivity contribution is -0.152. The molecule has 1 fully saturated rings. The first kappa shape index (κ1) is 23.7. The van der Waals surface area contributed by atoms with Crippen LogP contribution in [-0.4, -0.2) is 55.0 Å². The molecule has 1 N–H and O–H groups in total. The Bertz CT molecular complexity index is 683. The first-order chi connectivity index (χ1) is 14.5. The quantitative estimate of drug-likeness (QED) is 0.440. The summed E-state index contributed by atoms with van der Waals surface area (Å²) in [7, 11) is 0. The van der Waals surface area contributed by atoms with Gasteiger partial charge in [-0.2, -0.15) is 0 Å². The minimum absolute atomic E-state index is 0.178. The van der Waals surface area contributed by atoms with E-state index in [1.165, 1.54) is 6.42 Å². The number of carbonyl (C=O) groups is 3. The van der Waals surface area contributed by atoms with Gasteiger partial charge in [0, 0.05) is 18.2 Å². The van der Waals surface area contributed by atoms with E-state index in [0.29, 0.717) is 24.5 Å². The summed E-state index contributed by atoms with van der Waals surface area (Å²) >= 11 is 0. The third-order valence-electron chi connectivity index (χ3n) is 5.31. The lowest BCUT2D eigenvalue weighted by atomic mass is 9.94. The second-order valence-corrected chi connectivity index (χ2v) is 7.54. The number of amides is 2. The van der Waals surface area contributed by atoms with Gasteiger partial charge < -0.3 is 19.7 Å².